The molecule has 1 atom stereocenters. The van der Waals surface area contributed by atoms with Gasteiger partial charge in [-0.3, -0.25) is 9.48 Å². The second kappa shape index (κ2) is 7.78. The molecule has 0 radical (unpaired) electrons. The van der Waals surface area contributed by atoms with E-state index in [0.717, 1.165) is 0 Å². The lowest BCUT2D eigenvalue weighted by atomic mass is 10.2. The van der Waals surface area contributed by atoms with E-state index in [1.54, 1.807) is 25.6 Å². The Morgan fingerprint density at radius 3 is 2.62 bits per heavy atom. The summed E-state index contributed by atoms with van der Waals surface area (Å²) in [5, 5.41) is 9.98. The summed E-state index contributed by atoms with van der Waals surface area (Å²) in [6.07, 6.45) is 1.48. The largest absolute Gasteiger partial charge is 0.462 e. The Kier molecular flexibility index (Phi) is 6.36. The number of esters is 1. The Morgan fingerprint density at radius 1 is 1.38 bits per heavy atom. The highest BCUT2D eigenvalue weighted by Crippen LogP contribution is 2.09. The van der Waals surface area contributed by atoms with Crippen molar-refractivity contribution < 1.29 is 14.3 Å². The van der Waals surface area contributed by atoms with Crippen molar-refractivity contribution in [3.8, 4) is 0 Å². The fourth-order valence-electron chi connectivity index (χ4n) is 1.80. The van der Waals surface area contributed by atoms with Crippen LogP contribution in [0.15, 0.2) is 6.20 Å². The van der Waals surface area contributed by atoms with Gasteiger partial charge in [0.25, 0.3) is 0 Å². The lowest BCUT2D eigenvalue weighted by Crippen LogP contribution is -2.44. The van der Waals surface area contributed by atoms with Crippen molar-refractivity contribution in [3.05, 3.63) is 17.5 Å². The van der Waals surface area contributed by atoms with E-state index in [1.165, 1.54) is 6.20 Å². The fourth-order valence-corrected chi connectivity index (χ4v) is 1.80. The first kappa shape index (κ1) is 17.2. The minimum atomic E-state index is -0.401. The van der Waals surface area contributed by atoms with Gasteiger partial charge in [0.15, 0.2) is 0 Å². The SMILES string of the molecule is CCOC(=O)c1cnn(C)c1CNC(C)C(=O)NC(C)C. The number of nitrogens with one attached hydrogen (secondary N) is 2. The smallest absolute Gasteiger partial charge is 0.341 e. The minimum absolute atomic E-state index is 0.0788. The second-order valence-electron chi connectivity index (χ2n) is 5.11. The molecule has 1 heterocycles. The molecule has 1 aromatic heterocycles. The minimum Gasteiger partial charge on any atom is -0.462 e. The molecule has 2 N–H and O–H groups in total. The number of rotatable bonds is 7. The molecule has 21 heavy (non-hydrogen) atoms. The van der Waals surface area contributed by atoms with E-state index >= 15 is 0 Å². The van der Waals surface area contributed by atoms with Gasteiger partial charge in [0.05, 0.1) is 24.5 Å². The van der Waals surface area contributed by atoms with Gasteiger partial charge in [-0.1, -0.05) is 0 Å². The number of hydrogen-bond acceptors (Lipinski definition) is 5. The summed E-state index contributed by atoms with van der Waals surface area (Å²) in [4.78, 5) is 23.7. The molecule has 7 heteroatoms. The number of hydrogen-bond donors (Lipinski definition) is 2. The third-order valence-electron chi connectivity index (χ3n) is 2.96. The van der Waals surface area contributed by atoms with Crippen LogP contribution in [0.3, 0.4) is 0 Å². The topological polar surface area (TPSA) is 85.2 Å². The van der Waals surface area contributed by atoms with Crippen LogP contribution in [0.5, 0.6) is 0 Å². The van der Waals surface area contributed by atoms with Crippen molar-refractivity contribution in [2.24, 2.45) is 7.05 Å². The molecular weight excluding hydrogens is 272 g/mol. The molecule has 0 aliphatic rings. The average Bonchev–Trinajstić information content (AvgIpc) is 2.76. The first-order valence-corrected chi connectivity index (χ1v) is 7.08. The van der Waals surface area contributed by atoms with Crippen LogP contribution in [0.2, 0.25) is 0 Å². The predicted molar refractivity (Wildman–Crippen MR) is 78.7 cm³/mol. The van der Waals surface area contributed by atoms with E-state index < -0.39 is 5.97 Å². The van der Waals surface area contributed by atoms with Crippen LogP contribution >= 0.6 is 0 Å². The monoisotopic (exact) mass is 296 g/mol. The van der Waals surface area contributed by atoms with Crippen LogP contribution < -0.4 is 10.6 Å². The normalized spacial score (nSPS) is 12.3. The number of aryl methyl sites for hydroxylation is 1. The van der Waals surface area contributed by atoms with E-state index in [0.29, 0.717) is 24.4 Å². The first-order chi connectivity index (χ1) is 9.86. The summed E-state index contributed by atoms with van der Waals surface area (Å²) in [5.74, 6) is -0.480. The standard InChI is InChI=1S/C14H24N4O3/c1-6-21-14(20)11-7-16-18(5)12(11)8-15-10(4)13(19)17-9(2)3/h7,9-10,15H,6,8H2,1-5H3,(H,17,19). The molecule has 0 aliphatic heterocycles. The molecule has 0 bridgehead atoms. The van der Waals surface area contributed by atoms with E-state index in [4.69, 9.17) is 4.74 Å². The molecule has 0 saturated carbocycles. The lowest BCUT2D eigenvalue weighted by molar-refractivity contribution is -0.123. The highest BCUT2D eigenvalue weighted by atomic mass is 16.5. The van der Waals surface area contributed by atoms with Gasteiger partial charge in [-0.05, 0) is 27.7 Å². The van der Waals surface area contributed by atoms with E-state index in [2.05, 4.69) is 15.7 Å². The van der Waals surface area contributed by atoms with Gasteiger partial charge in [0, 0.05) is 19.6 Å². The number of carbonyl (C=O) groups is 2. The van der Waals surface area contributed by atoms with Crippen molar-refractivity contribution in [3.63, 3.8) is 0 Å². The summed E-state index contributed by atoms with van der Waals surface area (Å²) < 4.78 is 6.59. The van der Waals surface area contributed by atoms with Crippen molar-refractivity contribution in [2.75, 3.05) is 6.61 Å². The third-order valence-corrected chi connectivity index (χ3v) is 2.96. The summed E-state index contributed by atoms with van der Waals surface area (Å²) in [5.41, 5.74) is 1.11. The number of carbonyl (C=O) groups excluding carboxylic acids is 2. The molecule has 1 amide bonds. The summed E-state index contributed by atoms with van der Waals surface area (Å²) in [6, 6.07) is -0.272. The maximum absolute atomic E-state index is 11.8. The van der Waals surface area contributed by atoms with Crippen LogP contribution in [0.1, 0.15) is 43.7 Å². The zero-order valence-electron chi connectivity index (χ0n) is 13.3. The Labute approximate surface area is 125 Å². The lowest BCUT2D eigenvalue weighted by Gasteiger charge is -2.16. The van der Waals surface area contributed by atoms with Crippen molar-refractivity contribution >= 4 is 11.9 Å². The van der Waals surface area contributed by atoms with E-state index in [9.17, 15) is 9.59 Å². The second-order valence-corrected chi connectivity index (χ2v) is 5.11. The predicted octanol–water partition coefficient (Wildman–Crippen LogP) is 0.600. The first-order valence-electron chi connectivity index (χ1n) is 7.08. The van der Waals surface area contributed by atoms with Gasteiger partial charge in [0.1, 0.15) is 5.56 Å². The van der Waals surface area contributed by atoms with Crippen LogP contribution in [-0.2, 0) is 23.1 Å². The fraction of sp³-hybridized carbons (Fsp3) is 0.643. The Balaban J connectivity index is 2.69. The molecular formula is C14H24N4O3. The quantitative estimate of drug-likeness (QED) is 0.720. The maximum Gasteiger partial charge on any atom is 0.341 e. The molecule has 1 unspecified atom stereocenters. The zero-order valence-corrected chi connectivity index (χ0v) is 13.3. The van der Waals surface area contributed by atoms with Crippen LogP contribution in [0.4, 0.5) is 0 Å². The van der Waals surface area contributed by atoms with Crippen LogP contribution in [0.25, 0.3) is 0 Å². The number of nitrogens with zero attached hydrogens (tertiary/aromatic N) is 2. The van der Waals surface area contributed by atoms with Gasteiger partial charge < -0.3 is 15.4 Å². The van der Waals surface area contributed by atoms with Crippen molar-refractivity contribution in [2.45, 2.75) is 46.3 Å². The molecule has 0 aromatic carbocycles. The van der Waals surface area contributed by atoms with Gasteiger partial charge in [0.2, 0.25) is 5.91 Å². The number of ether oxygens (including phenoxy) is 1. The summed E-state index contributed by atoms with van der Waals surface area (Å²) in [6.45, 7) is 8.02. The molecule has 7 nitrogen and oxygen atoms in total. The molecule has 0 spiro atoms. The molecule has 1 aromatic rings. The molecule has 0 saturated heterocycles. The average molecular weight is 296 g/mol. The van der Waals surface area contributed by atoms with Crippen LogP contribution in [-0.4, -0.2) is 40.3 Å². The third kappa shape index (κ3) is 4.86. The molecule has 0 aliphatic carbocycles. The van der Waals surface area contributed by atoms with Gasteiger partial charge in [-0.2, -0.15) is 5.10 Å². The van der Waals surface area contributed by atoms with Crippen molar-refractivity contribution in [1.29, 1.82) is 0 Å². The number of amides is 1. The van der Waals surface area contributed by atoms with Crippen LogP contribution in [0, 0.1) is 0 Å². The zero-order chi connectivity index (χ0) is 16.0. The molecule has 0 fully saturated rings. The van der Waals surface area contributed by atoms with Crippen molar-refractivity contribution in [1.82, 2.24) is 20.4 Å². The maximum atomic E-state index is 11.8. The Hall–Kier alpha value is -1.89. The highest BCUT2D eigenvalue weighted by molar-refractivity contribution is 5.90. The Bertz CT molecular complexity index is 496. The summed E-state index contributed by atoms with van der Waals surface area (Å²) >= 11 is 0. The highest BCUT2D eigenvalue weighted by Gasteiger charge is 2.19. The molecule has 1 rings (SSSR count). The Morgan fingerprint density at radius 2 is 2.05 bits per heavy atom. The van der Waals surface area contributed by atoms with Gasteiger partial charge in [-0.15, -0.1) is 0 Å². The van der Waals surface area contributed by atoms with E-state index in [-0.39, 0.29) is 18.0 Å². The molecule has 118 valence electrons. The van der Waals surface area contributed by atoms with Gasteiger partial charge >= 0.3 is 5.97 Å². The van der Waals surface area contributed by atoms with E-state index in [1.807, 2.05) is 13.8 Å². The van der Waals surface area contributed by atoms with Gasteiger partial charge in [-0.25, -0.2) is 4.79 Å². The summed E-state index contributed by atoms with van der Waals surface area (Å²) in [7, 11) is 1.75. The number of aromatic nitrogens is 2.